The van der Waals surface area contributed by atoms with Crippen molar-refractivity contribution in [3.8, 4) is 11.4 Å². The van der Waals surface area contributed by atoms with Crippen molar-refractivity contribution in [1.82, 2.24) is 25.1 Å². The van der Waals surface area contributed by atoms with Crippen molar-refractivity contribution in [2.75, 3.05) is 13.1 Å². The van der Waals surface area contributed by atoms with E-state index in [1.807, 2.05) is 35.2 Å². The summed E-state index contributed by atoms with van der Waals surface area (Å²) in [5, 5.41) is 7.37. The van der Waals surface area contributed by atoms with Gasteiger partial charge in [-0.25, -0.2) is 9.97 Å². The van der Waals surface area contributed by atoms with Gasteiger partial charge >= 0.3 is 0 Å². The van der Waals surface area contributed by atoms with Gasteiger partial charge in [0.2, 0.25) is 5.76 Å². The minimum atomic E-state index is -0.109. The van der Waals surface area contributed by atoms with E-state index < -0.39 is 0 Å². The van der Waals surface area contributed by atoms with Crippen LogP contribution in [-0.2, 0) is 0 Å². The maximum atomic E-state index is 12.6. The van der Waals surface area contributed by atoms with E-state index in [2.05, 4.69) is 20.2 Å². The number of oxazole rings is 1. The number of aryl methyl sites for hydroxylation is 1. The fraction of sp³-hybridized carbons (Fsp3) is 0.333. The second-order valence-electron chi connectivity index (χ2n) is 6.27. The fourth-order valence-electron chi connectivity index (χ4n) is 3.21. The molecule has 1 aliphatic rings. The van der Waals surface area contributed by atoms with E-state index in [0.717, 1.165) is 30.8 Å². The molecule has 0 radical (unpaired) electrons. The summed E-state index contributed by atoms with van der Waals surface area (Å²) < 4.78 is 5.24. The average Bonchev–Trinajstić information content (AvgIpc) is 3.31. The maximum absolute atomic E-state index is 12.6. The molecule has 1 amide bonds. The van der Waals surface area contributed by atoms with Gasteiger partial charge in [0, 0.05) is 24.6 Å². The summed E-state index contributed by atoms with van der Waals surface area (Å²) in [5.74, 6) is 1.87. The van der Waals surface area contributed by atoms with Gasteiger partial charge in [-0.2, -0.15) is 5.10 Å². The normalized spacial score (nSPS) is 17.6. The molecule has 128 valence electrons. The zero-order chi connectivity index (χ0) is 17.2. The second kappa shape index (κ2) is 6.51. The van der Waals surface area contributed by atoms with Gasteiger partial charge in [0.25, 0.3) is 5.91 Å². The monoisotopic (exact) mass is 337 g/mol. The zero-order valence-corrected chi connectivity index (χ0v) is 14.0. The van der Waals surface area contributed by atoms with Gasteiger partial charge in [-0.05, 0) is 19.8 Å². The number of benzene rings is 1. The first kappa shape index (κ1) is 15.6. The Hall–Kier alpha value is -2.96. The standard InChI is InChI=1S/C18H19N5O2/c1-12-15(25-11-19-12)18(24)23-9-5-8-14(10-23)17-20-16(21-22-17)13-6-3-2-4-7-13/h2-4,6-7,11,14H,5,8-10H2,1H3,(H,20,21,22). The van der Waals surface area contributed by atoms with Gasteiger partial charge in [-0.1, -0.05) is 30.3 Å². The van der Waals surface area contributed by atoms with Gasteiger partial charge in [0.05, 0.1) is 5.69 Å². The summed E-state index contributed by atoms with van der Waals surface area (Å²) in [5.41, 5.74) is 1.60. The van der Waals surface area contributed by atoms with Gasteiger partial charge in [0.1, 0.15) is 5.82 Å². The summed E-state index contributed by atoms with van der Waals surface area (Å²) in [7, 11) is 0. The number of likely N-dealkylation sites (tertiary alicyclic amines) is 1. The Morgan fingerprint density at radius 2 is 2.16 bits per heavy atom. The first-order valence-corrected chi connectivity index (χ1v) is 8.39. The number of hydrogen-bond donors (Lipinski definition) is 1. The highest BCUT2D eigenvalue weighted by molar-refractivity contribution is 5.92. The summed E-state index contributed by atoms with van der Waals surface area (Å²) in [6.45, 7) is 3.10. The molecule has 0 spiro atoms. The third kappa shape index (κ3) is 3.05. The van der Waals surface area contributed by atoms with Crippen LogP contribution < -0.4 is 0 Å². The van der Waals surface area contributed by atoms with Crippen LogP contribution in [0.15, 0.2) is 41.1 Å². The highest BCUT2D eigenvalue weighted by Gasteiger charge is 2.29. The van der Waals surface area contributed by atoms with Crippen molar-refractivity contribution in [2.24, 2.45) is 0 Å². The molecule has 25 heavy (non-hydrogen) atoms. The van der Waals surface area contributed by atoms with Gasteiger partial charge in [-0.3, -0.25) is 9.89 Å². The number of amides is 1. The molecule has 3 aromatic rings. The van der Waals surface area contributed by atoms with E-state index in [9.17, 15) is 4.79 Å². The van der Waals surface area contributed by atoms with Crippen LogP contribution in [0.3, 0.4) is 0 Å². The number of carbonyl (C=O) groups is 1. The van der Waals surface area contributed by atoms with E-state index in [4.69, 9.17) is 4.42 Å². The summed E-state index contributed by atoms with van der Waals surface area (Å²) in [6.07, 6.45) is 3.21. The SMILES string of the molecule is Cc1ncoc1C(=O)N1CCCC(c2nc(-c3ccccc3)n[nH]2)C1. The van der Waals surface area contributed by atoms with Crippen molar-refractivity contribution in [3.05, 3.63) is 54.0 Å². The van der Waals surface area contributed by atoms with Crippen LogP contribution in [0.4, 0.5) is 0 Å². The second-order valence-corrected chi connectivity index (χ2v) is 6.27. The van der Waals surface area contributed by atoms with E-state index >= 15 is 0 Å². The number of aromatic amines is 1. The predicted octanol–water partition coefficient (Wildman–Crippen LogP) is 2.79. The molecule has 0 saturated carbocycles. The molecule has 4 rings (SSSR count). The first-order chi connectivity index (χ1) is 12.2. The molecular formula is C18H19N5O2. The molecule has 2 aromatic heterocycles. The Labute approximate surface area is 145 Å². The molecule has 1 aromatic carbocycles. The van der Waals surface area contributed by atoms with Crippen LogP contribution in [0.2, 0.25) is 0 Å². The van der Waals surface area contributed by atoms with Gasteiger partial charge < -0.3 is 9.32 Å². The van der Waals surface area contributed by atoms with Crippen molar-refractivity contribution in [1.29, 1.82) is 0 Å². The number of nitrogens with zero attached hydrogens (tertiary/aromatic N) is 4. The molecule has 1 saturated heterocycles. The number of carbonyl (C=O) groups excluding carboxylic acids is 1. The molecule has 1 unspecified atom stereocenters. The number of aromatic nitrogens is 4. The van der Waals surface area contributed by atoms with Crippen LogP contribution in [0, 0.1) is 6.92 Å². The van der Waals surface area contributed by atoms with Gasteiger partial charge in [0.15, 0.2) is 12.2 Å². The van der Waals surface area contributed by atoms with Gasteiger partial charge in [-0.15, -0.1) is 0 Å². The van der Waals surface area contributed by atoms with Crippen LogP contribution in [0.5, 0.6) is 0 Å². The molecule has 1 fully saturated rings. The molecule has 1 N–H and O–H groups in total. The molecule has 7 nitrogen and oxygen atoms in total. The zero-order valence-electron chi connectivity index (χ0n) is 14.0. The smallest absolute Gasteiger partial charge is 0.291 e. The quantitative estimate of drug-likeness (QED) is 0.794. The summed E-state index contributed by atoms with van der Waals surface area (Å²) in [4.78, 5) is 23.1. The van der Waals surface area contributed by atoms with Crippen molar-refractivity contribution >= 4 is 5.91 Å². The van der Waals surface area contributed by atoms with E-state index in [1.54, 1.807) is 6.92 Å². The Bertz CT molecular complexity index is 870. The van der Waals surface area contributed by atoms with E-state index in [1.165, 1.54) is 6.39 Å². The molecule has 1 atom stereocenters. The topological polar surface area (TPSA) is 87.9 Å². The Kier molecular flexibility index (Phi) is 4.05. The highest BCUT2D eigenvalue weighted by Crippen LogP contribution is 2.27. The third-order valence-electron chi connectivity index (χ3n) is 4.57. The Balaban J connectivity index is 1.51. The first-order valence-electron chi connectivity index (χ1n) is 8.39. The summed E-state index contributed by atoms with van der Waals surface area (Å²) >= 11 is 0. The average molecular weight is 337 g/mol. The highest BCUT2D eigenvalue weighted by atomic mass is 16.3. The Morgan fingerprint density at radius 3 is 2.92 bits per heavy atom. The van der Waals surface area contributed by atoms with Crippen molar-refractivity contribution < 1.29 is 9.21 Å². The third-order valence-corrected chi connectivity index (χ3v) is 4.57. The van der Waals surface area contributed by atoms with Crippen molar-refractivity contribution in [2.45, 2.75) is 25.7 Å². The largest absolute Gasteiger partial charge is 0.438 e. The number of rotatable bonds is 3. The van der Waals surface area contributed by atoms with Crippen molar-refractivity contribution in [3.63, 3.8) is 0 Å². The van der Waals surface area contributed by atoms with E-state index in [-0.39, 0.29) is 11.8 Å². The summed E-state index contributed by atoms with van der Waals surface area (Å²) in [6, 6.07) is 9.86. The lowest BCUT2D eigenvalue weighted by Gasteiger charge is -2.31. The Morgan fingerprint density at radius 1 is 1.32 bits per heavy atom. The molecule has 0 bridgehead atoms. The van der Waals surface area contributed by atoms with Crippen LogP contribution in [0.25, 0.3) is 11.4 Å². The lowest BCUT2D eigenvalue weighted by Crippen LogP contribution is -2.39. The molecule has 1 aliphatic heterocycles. The van der Waals surface area contributed by atoms with Crippen LogP contribution in [-0.4, -0.2) is 44.1 Å². The van der Waals surface area contributed by atoms with Crippen LogP contribution >= 0.6 is 0 Å². The minimum absolute atomic E-state index is 0.109. The lowest BCUT2D eigenvalue weighted by atomic mass is 9.97. The number of piperidine rings is 1. The van der Waals surface area contributed by atoms with E-state index in [0.29, 0.717) is 23.8 Å². The lowest BCUT2D eigenvalue weighted by molar-refractivity contribution is 0.0671. The number of nitrogens with one attached hydrogen (secondary N) is 1. The molecule has 7 heteroatoms. The minimum Gasteiger partial charge on any atom is -0.438 e. The molecular weight excluding hydrogens is 318 g/mol. The predicted molar refractivity (Wildman–Crippen MR) is 90.9 cm³/mol. The molecule has 0 aliphatic carbocycles. The number of H-pyrrole nitrogens is 1. The molecule has 3 heterocycles. The fourth-order valence-corrected chi connectivity index (χ4v) is 3.21. The van der Waals surface area contributed by atoms with Crippen LogP contribution in [0.1, 0.15) is 40.8 Å². The number of hydrogen-bond acceptors (Lipinski definition) is 5. The maximum Gasteiger partial charge on any atom is 0.291 e.